The molecule has 0 heterocycles. The van der Waals surface area contributed by atoms with Crippen LogP contribution in [0, 0.1) is 11.8 Å². The first-order valence-electron chi connectivity index (χ1n) is 2.21. The topological polar surface area (TPSA) is 0 Å². The minimum absolute atomic E-state index is 0.511. The minimum Gasteiger partial charge on any atom is -0.102 e. The Morgan fingerprint density at radius 1 is 1.43 bits per heavy atom. The van der Waals surface area contributed by atoms with Crippen molar-refractivity contribution in [2.24, 2.45) is 0 Å². The molecule has 0 bridgehead atoms. The van der Waals surface area contributed by atoms with Crippen molar-refractivity contribution in [1.82, 2.24) is 0 Å². The van der Waals surface area contributed by atoms with Gasteiger partial charge >= 0.3 is 0 Å². The third-order valence-electron chi connectivity index (χ3n) is 0.538. The average molecular weight is 115 g/mol. The van der Waals surface area contributed by atoms with Crippen LogP contribution in [0.4, 0.5) is 0 Å². The lowest BCUT2D eigenvalue weighted by Crippen LogP contribution is -1.97. The molecule has 0 aliphatic carbocycles. The van der Waals surface area contributed by atoms with E-state index in [9.17, 15) is 0 Å². The lowest BCUT2D eigenvalue weighted by Gasteiger charge is -1.82. The van der Waals surface area contributed by atoms with E-state index in [2.05, 4.69) is 24.4 Å². The molecule has 0 atom stereocenters. The van der Waals surface area contributed by atoms with E-state index >= 15 is 0 Å². The summed E-state index contributed by atoms with van der Waals surface area (Å²) in [5, 5.41) is 0. The molecule has 0 aromatic carbocycles. The molecule has 0 saturated carbocycles. The van der Waals surface area contributed by atoms with Gasteiger partial charge in [-0.2, -0.15) is 0 Å². The lowest BCUT2D eigenvalue weighted by atomic mass is 10.7. The highest BCUT2D eigenvalue weighted by atomic mass is 32.2. The molecule has 0 rings (SSSR count). The summed E-state index contributed by atoms with van der Waals surface area (Å²) in [5.41, 5.74) is 0. The first-order chi connectivity index (χ1) is 3.27. The normalized spacial score (nSPS) is 8.00. The molecule has 0 aliphatic heterocycles. The highest BCUT2D eigenvalue weighted by Crippen LogP contribution is 1.78. The average Bonchev–Trinajstić information content (AvgIpc) is 1.61. The fourth-order valence-corrected chi connectivity index (χ4v) is 0.650. The van der Waals surface area contributed by atoms with Gasteiger partial charge in [-0.25, -0.2) is 0 Å². The van der Waals surface area contributed by atoms with E-state index in [-0.39, 0.29) is 0 Å². The van der Waals surface area contributed by atoms with E-state index in [0.717, 1.165) is 5.75 Å². The van der Waals surface area contributed by atoms with Gasteiger partial charge in [0.15, 0.2) is 5.75 Å². The Kier molecular flexibility index (Phi) is 4.03. The molecular formula is C6H11S+. The first-order valence-corrected chi connectivity index (χ1v) is 4.42. The zero-order valence-corrected chi connectivity index (χ0v) is 5.93. The van der Waals surface area contributed by atoms with E-state index in [0.29, 0.717) is 10.9 Å². The molecule has 0 aromatic rings. The molecule has 0 spiro atoms. The molecule has 0 aliphatic rings. The standard InChI is InChI=1S/C6H11S/c1-4-5-6-7(2)3/h6H2,1-3H3/q+1. The SMILES string of the molecule is CC#CC[S+](C)C. The Balaban J connectivity index is 3.08. The van der Waals surface area contributed by atoms with Crippen LogP contribution >= 0.6 is 0 Å². The Morgan fingerprint density at radius 2 is 2.00 bits per heavy atom. The maximum atomic E-state index is 3.01. The van der Waals surface area contributed by atoms with Crippen LogP contribution < -0.4 is 0 Å². The predicted molar refractivity (Wildman–Crippen MR) is 37.5 cm³/mol. The second kappa shape index (κ2) is 4.08. The number of hydrogen-bond acceptors (Lipinski definition) is 0. The van der Waals surface area contributed by atoms with E-state index in [4.69, 9.17) is 0 Å². The predicted octanol–water partition coefficient (Wildman–Crippen LogP) is 0.888. The van der Waals surface area contributed by atoms with Crippen LogP contribution in [0.5, 0.6) is 0 Å². The summed E-state index contributed by atoms with van der Waals surface area (Å²) in [6, 6.07) is 0. The zero-order chi connectivity index (χ0) is 5.70. The number of rotatable bonds is 1. The first kappa shape index (κ1) is 6.91. The molecule has 0 nitrogen and oxygen atoms in total. The van der Waals surface area contributed by atoms with Crippen LogP contribution in [-0.4, -0.2) is 18.3 Å². The van der Waals surface area contributed by atoms with Crippen molar-refractivity contribution >= 4 is 10.9 Å². The van der Waals surface area contributed by atoms with Crippen molar-refractivity contribution in [1.29, 1.82) is 0 Å². The highest BCUT2D eigenvalue weighted by molar-refractivity contribution is 7.95. The van der Waals surface area contributed by atoms with Crippen molar-refractivity contribution in [3.05, 3.63) is 0 Å². The molecule has 0 saturated heterocycles. The van der Waals surface area contributed by atoms with Gasteiger partial charge in [0.2, 0.25) is 0 Å². The van der Waals surface area contributed by atoms with E-state index < -0.39 is 0 Å². The Labute approximate surface area is 48.7 Å². The molecule has 0 N–H and O–H groups in total. The van der Waals surface area contributed by atoms with Gasteiger partial charge < -0.3 is 0 Å². The quantitative estimate of drug-likeness (QED) is 0.351. The van der Waals surface area contributed by atoms with Crippen LogP contribution in [0.25, 0.3) is 0 Å². The van der Waals surface area contributed by atoms with Gasteiger partial charge in [-0.05, 0) is 23.7 Å². The summed E-state index contributed by atoms with van der Waals surface area (Å²) in [6.45, 7) is 1.88. The van der Waals surface area contributed by atoms with Crippen LogP contribution in [0.1, 0.15) is 6.92 Å². The smallest absolute Gasteiger partial charge is 0.102 e. The molecule has 0 fully saturated rings. The van der Waals surface area contributed by atoms with Gasteiger partial charge in [-0.3, -0.25) is 0 Å². The maximum Gasteiger partial charge on any atom is 0.167 e. The Bertz CT molecular complexity index is 84.1. The molecular weight excluding hydrogens is 104 g/mol. The highest BCUT2D eigenvalue weighted by Gasteiger charge is 1.93. The van der Waals surface area contributed by atoms with Crippen molar-refractivity contribution in [2.75, 3.05) is 18.3 Å². The summed E-state index contributed by atoms with van der Waals surface area (Å²) in [7, 11) is 0.511. The van der Waals surface area contributed by atoms with Crippen LogP contribution in [0.15, 0.2) is 0 Å². The fraction of sp³-hybridized carbons (Fsp3) is 0.667. The van der Waals surface area contributed by atoms with Crippen LogP contribution in [0.3, 0.4) is 0 Å². The van der Waals surface area contributed by atoms with Crippen molar-refractivity contribution in [3.8, 4) is 11.8 Å². The zero-order valence-electron chi connectivity index (χ0n) is 5.12. The van der Waals surface area contributed by atoms with E-state index in [1.54, 1.807) is 0 Å². The summed E-state index contributed by atoms with van der Waals surface area (Å²) in [5.74, 6) is 6.93. The summed E-state index contributed by atoms with van der Waals surface area (Å²) >= 11 is 0. The molecule has 0 amide bonds. The van der Waals surface area contributed by atoms with Crippen molar-refractivity contribution in [3.63, 3.8) is 0 Å². The molecule has 0 aromatic heterocycles. The monoisotopic (exact) mass is 115 g/mol. The Hall–Kier alpha value is -0.0900. The molecule has 1 heteroatoms. The largest absolute Gasteiger partial charge is 0.167 e. The third-order valence-corrected chi connectivity index (χ3v) is 1.26. The second-order valence-corrected chi connectivity index (χ2v) is 3.82. The lowest BCUT2D eigenvalue weighted by molar-refractivity contribution is 1.81. The van der Waals surface area contributed by atoms with Gasteiger partial charge in [-0.15, -0.1) is 5.92 Å². The van der Waals surface area contributed by atoms with Gasteiger partial charge in [0.05, 0.1) is 12.5 Å². The minimum atomic E-state index is 0.511. The van der Waals surface area contributed by atoms with Gasteiger partial charge in [0.1, 0.15) is 0 Å². The number of hydrogen-bond donors (Lipinski definition) is 0. The van der Waals surface area contributed by atoms with Gasteiger partial charge in [-0.1, -0.05) is 0 Å². The summed E-state index contributed by atoms with van der Waals surface area (Å²) in [4.78, 5) is 0. The molecule has 7 heavy (non-hydrogen) atoms. The van der Waals surface area contributed by atoms with Gasteiger partial charge in [0, 0.05) is 0 Å². The molecule has 0 unspecified atom stereocenters. The summed E-state index contributed by atoms with van der Waals surface area (Å²) in [6.07, 6.45) is 4.40. The molecule has 0 radical (unpaired) electrons. The van der Waals surface area contributed by atoms with E-state index in [1.807, 2.05) is 6.92 Å². The van der Waals surface area contributed by atoms with Crippen molar-refractivity contribution in [2.45, 2.75) is 6.92 Å². The third kappa shape index (κ3) is 5.91. The van der Waals surface area contributed by atoms with Crippen LogP contribution in [0.2, 0.25) is 0 Å². The van der Waals surface area contributed by atoms with Crippen molar-refractivity contribution < 1.29 is 0 Å². The van der Waals surface area contributed by atoms with E-state index in [1.165, 1.54) is 0 Å². The van der Waals surface area contributed by atoms with Crippen LogP contribution in [-0.2, 0) is 10.9 Å². The fourth-order valence-electron chi connectivity index (χ4n) is 0.217. The second-order valence-electron chi connectivity index (χ2n) is 1.56. The van der Waals surface area contributed by atoms with Gasteiger partial charge in [0.25, 0.3) is 0 Å². The maximum absolute atomic E-state index is 3.01. The molecule has 40 valence electrons. The Morgan fingerprint density at radius 3 is 2.14 bits per heavy atom. The summed E-state index contributed by atoms with van der Waals surface area (Å²) < 4.78 is 0.